The second-order valence-electron chi connectivity index (χ2n) is 6.73. The van der Waals surface area contributed by atoms with Gasteiger partial charge in [-0.3, -0.25) is 0 Å². The third kappa shape index (κ3) is 4.74. The Morgan fingerprint density at radius 1 is 0.970 bits per heavy atom. The van der Waals surface area contributed by atoms with Crippen molar-refractivity contribution in [2.45, 2.75) is 4.90 Å². The van der Waals surface area contributed by atoms with Crippen molar-refractivity contribution in [3.63, 3.8) is 0 Å². The fraction of sp³-hybridized carbons (Fsp3) is 0. The number of ether oxygens (including phenoxy) is 1. The van der Waals surface area contributed by atoms with E-state index < -0.39 is 26.5 Å². The third-order valence-corrected chi connectivity index (χ3v) is 5.97. The summed E-state index contributed by atoms with van der Waals surface area (Å²) in [7, 11) is -4.61. The molecule has 0 radical (unpaired) electrons. The summed E-state index contributed by atoms with van der Waals surface area (Å²) < 4.78 is 46.0. The Labute approximate surface area is 198 Å². The van der Waals surface area contributed by atoms with Gasteiger partial charge in [0.25, 0.3) is 0 Å². The van der Waals surface area contributed by atoms with E-state index in [-0.39, 0.29) is 27.8 Å². The van der Waals surface area contributed by atoms with Crippen molar-refractivity contribution in [1.82, 2.24) is 15.0 Å². The molecule has 0 spiro atoms. The van der Waals surface area contributed by atoms with E-state index in [1.807, 2.05) is 0 Å². The van der Waals surface area contributed by atoms with Crippen molar-refractivity contribution < 1.29 is 17.5 Å². The maximum absolute atomic E-state index is 15.4. The van der Waals surface area contributed by atoms with Crippen molar-refractivity contribution >= 4 is 39.0 Å². The van der Waals surface area contributed by atoms with E-state index in [1.54, 1.807) is 18.2 Å². The van der Waals surface area contributed by atoms with E-state index in [2.05, 4.69) is 15.0 Å². The molecule has 0 unspecified atom stereocenters. The zero-order chi connectivity index (χ0) is 23.8. The molecule has 0 saturated carbocycles. The quantitative estimate of drug-likeness (QED) is 0.402. The van der Waals surface area contributed by atoms with Gasteiger partial charge in [-0.2, -0.15) is 0 Å². The van der Waals surface area contributed by atoms with Crippen molar-refractivity contribution in [3.05, 3.63) is 77.0 Å². The first-order chi connectivity index (χ1) is 15.6. The van der Waals surface area contributed by atoms with Gasteiger partial charge < -0.3 is 10.5 Å². The number of pyridine rings is 1. The second kappa shape index (κ2) is 8.91. The van der Waals surface area contributed by atoms with E-state index in [1.165, 1.54) is 43.0 Å². The molecule has 0 bridgehead atoms. The van der Waals surface area contributed by atoms with Crippen LogP contribution in [0.25, 0.3) is 22.4 Å². The normalized spacial score (nSPS) is 11.4. The lowest BCUT2D eigenvalue weighted by Gasteiger charge is -2.17. The first kappa shape index (κ1) is 22.9. The van der Waals surface area contributed by atoms with Crippen LogP contribution in [0.5, 0.6) is 11.5 Å². The number of sulfonamides is 1. The number of primary sulfonamides is 1. The summed E-state index contributed by atoms with van der Waals surface area (Å²) in [5.41, 5.74) is 6.71. The van der Waals surface area contributed by atoms with Crippen LogP contribution in [0.1, 0.15) is 0 Å². The van der Waals surface area contributed by atoms with E-state index in [9.17, 15) is 8.42 Å². The molecular weight excluding hydrogens is 492 g/mol. The predicted octanol–water partition coefficient (Wildman–Crippen LogP) is 4.67. The SMILES string of the molecule is Nc1cc(-c2cc(Cl)ccc2Oc2c(Cl)cc(-c3ccncn3)c(F)c2S(N)(=O)=O)ccn1. The highest BCUT2D eigenvalue weighted by Crippen LogP contribution is 2.44. The Balaban J connectivity index is 1.92. The molecule has 12 heteroatoms. The van der Waals surface area contributed by atoms with Gasteiger partial charge in [0.05, 0.1) is 10.7 Å². The molecule has 0 atom stereocenters. The van der Waals surface area contributed by atoms with E-state index >= 15 is 4.39 Å². The summed E-state index contributed by atoms with van der Waals surface area (Å²) in [6.45, 7) is 0. The van der Waals surface area contributed by atoms with Crippen molar-refractivity contribution in [3.8, 4) is 33.9 Å². The van der Waals surface area contributed by atoms with Crippen LogP contribution in [0.3, 0.4) is 0 Å². The Bertz CT molecular complexity index is 1470. The maximum Gasteiger partial charge on any atom is 0.244 e. The molecule has 0 aliphatic rings. The Kier molecular flexibility index (Phi) is 6.17. The molecule has 8 nitrogen and oxygen atoms in total. The molecule has 0 amide bonds. The summed E-state index contributed by atoms with van der Waals surface area (Å²) in [6.07, 6.45) is 4.04. The van der Waals surface area contributed by atoms with Gasteiger partial charge in [-0.25, -0.2) is 32.9 Å². The Morgan fingerprint density at radius 2 is 1.76 bits per heavy atom. The summed E-state index contributed by atoms with van der Waals surface area (Å²) in [5.74, 6) is -1.28. The summed E-state index contributed by atoms with van der Waals surface area (Å²) in [5, 5.41) is 5.50. The standard InChI is InChI=1S/C21H14Cl2FN5O3S/c22-12-1-2-17(13(8-12)11-3-6-28-18(25)7-11)32-20-15(23)9-14(16-4-5-27-10-29-16)19(24)21(20)33(26,30)31/h1-10H,(H2,25,28)(H2,26,30,31). The number of nitrogens with two attached hydrogens (primary N) is 2. The molecule has 33 heavy (non-hydrogen) atoms. The largest absolute Gasteiger partial charge is 0.454 e. The maximum atomic E-state index is 15.4. The monoisotopic (exact) mass is 505 g/mol. The summed E-state index contributed by atoms with van der Waals surface area (Å²) in [4.78, 5) is 10.7. The van der Waals surface area contributed by atoms with Crippen LogP contribution in [0.15, 0.2) is 66.1 Å². The molecule has 2 aromatic carbocycles. The van der Waals surface area contributed by atoms with Gasteiger partial charge in [-0.15, -0.1) is 0 Å². The number of aromatic nitrogens is 3. The lowest BCUT2D eigenvalue weighted by molar-refractivity contribution is 0.456. The predicted molar refractivity (Wildman–Crippen MR) is 123 cm³/mol. The second-order valence-corrected chi connectivity index (χ2v) is 9.07. The number of nitrogen functional groups attached to an aromatic ring is 1. The molecule has 0 fully saturated rings. The minimum atomic E-state index is -4.61. The van der Waals surface area contributed by atoms with Crippen molar-refractivity contribution in [2.75, 3.05) is 5.73 Å². The highest BCUT2D eigenvalue weighted by molar-refractivity contribution is 7.89. The van der Waals surface area contributed by atoms with Crippen LogP contribution in [-0.2, 0) is 10.0 Å². The molecule has 2 aromatic heterocycles. The number of nitrogens with zero attached hydrogens (tertiary/aromatic N) is 3. The zero-order valence-corrected chi connectivity index (χ0v) is 18.9. The number of rotatable bonds is 5. The fourth-order valence-electron chi connectivity index (χ4n) is 3.11. The van der Waals surface area contributed by atoms with Gasteiger partial charge in [0.15, 0.2) is 16.5 Å². The van der Waals surface area contributed by atoms with Crippen molar-refractivity contribution in [2.24, 2.45) is 5.14 Å². The molecule has 0 aliphatic carbocycles. The number of anilines is 1. The average Bonchev–Trinajstić information content (AvgIpc) is 2.77. The van der Waals surface area contributed by atoms with Crippen LogP contribution in [-0.4, -0.2) is 23.4 Å². The lowest BCUT2D eigenvalue weighted by Crippen LogP contribution is -2.16. The highest BCUT2D eigenvalue weighted by Gasteiger charge is 2.29. The first-order valence-electron chi connectivity index (χ1n) is 9.15. The van der Waals surface area contributed by atoms with Crippen LogP contribution in [0, 0.1) is 5.82 Å². The van der Waals surface area contributed by atoms with Crippen molar-refractivity contribution in [1.29, 1.82) is 0 Å². The number of halogens is 3. The molecule has 168 valence electrons. The highest BCUT2D eigenvalue weighted by atomic mass is 35.5. The topological polar surface area (TPSA) is 134 Å². The van der Waals surface area contributed by atoms with Crippen LogP contribution in [0.4, 0.5) is 10.2 Å². The van der Waals surface area contributed by atoms with Gasteiger partial charge in [0, 0.05) is 28.5 Å². The molecule has 4 rings (SSSR count). The minimum Gasteiger partial charge on any atom is -0.454 e. The average molecular weight is 506 g/mol. The zero-order valence-electron chi connectivity index (χ0n) is 16.5. The Morgan fingerprint density at radius 3 is 2.42 bits per heavy atom. The smallest absolute Gasteiger partial charge is 0.244 e. The molecular formula is C21H14Cl2FN5O3S. The van der Waals surface area contributed by atoms with Gasteiger partial charge >= 0.3 is 0 Å². The number of hydrogen-bond acceptors (Lipinski definition) is 7. The molecule has 0 aliphatic heterocycles. The number of benzene rings is 2. The van der Waals surface area contributed by atoms with Gasteiger partial charge in [-0.1, -0.05) is 23.2 Å². The molecule has 4 aromatic rings. The molecule has 0 saturated heterocycles. The van der Waals surface area contributed by atoms with E-state index in [4.69, 9.17) is 38.8 Å². The fourth-order valence-corrected chi connectivity index (χ4v) is 4.35. The van der Waals surface area contributed by atoms with E-state index in [0.717, 1.165) is 0 Å². The summed E-state index contributed by atoms with van der Waals surface area (Å²) in [6, 6.07) is 10.4. The van der Waals surface area contributed by atoms with Gasteiger partial charge in [0.1, 0.15) is 17.9 Å². The van der Waals surface area contributed by atoms with Crippen LogP contribution >= 0.6 is 23.2 Å². The first-order valence-corrected chi connectivity index (χ1v) is 11.5. The Hall–Kier alpha value is -3.31. The molecule has 4 N–H and O–H groups in total. The van der Waals surface area contributed by atoms with Crippen LogP contribution < -0.4 is 15.6 Å². The lowest BCUT2D eigenvalue weighted by atomic mass is 10.1. The molecule has 2 heterocycles. The minimum absolute atomic E-state index is 0.111. The van der Waals surface area contributed by atoms with Gasteiger partial charge in [-0.05, 0) is 48.0 Å². The summed E-state index contributed by atoms with van der Waals surface area (Å²) >= 11 is 12.5. The van der Waals surface area contributed by atoms with E-state index in [0.29, 0.717) is 16.1 Å². The van der Waals surface area contributed by atoms with Gasteiger partial charge in [0.2, 0.25) is 10.0 Å². The third-order valence-electron chi connectivity index (χ3n) is 4.52. The van der Waals surface area contributed by atoms with Crippen LogP contribution in [0.2, 0.25) is 10.0 Å². The number of hydrogen-bond donors (Lipinski definition) is 2.